The fourth-order valence-electron chi connectivity index (χ4n) is 1.20. The molecular weight excluding hydrogens is 351 g/mol. The van der Waals surface area contributed by atoms with Crippen molar-refractivity contribution in [3.8, 4) is 0 Å². The maximum atomic E-state index is 13.6. The van der Waals surface area contributed by atoms with Gasteiger partial charge >= 0.3 is 23.9 Å². The van der Waals surface area contributed by atoms with Crippen molar-refractivity contribution in [3.05, 3.63) is 11.8 Å². The summed E-state index contributed by atoms with van der Waals surface area (Å²) in [7, 11) is 1.29. The third kappa shape index (κ3) is 3.52. The van der Waals surface area contributed by atoms with E-state index in [2.05, 4.69) is 0 Å². The van der Waals surface area contributed by atoms with Crippen LogP contribution >= 0.6 is 0 Å². The van der Waals surface area contributed by atoms with Crippen LogP contribution in [0.25, 0.3) is 0 Å². The molecule has 4 nitrogen and oxygen atoms in total. The Balaban J connectivity index is 6.31. The maximum absolute atomic E-state index is 13.6. The van der Waals surface area contributed by atoms with Crippen molar-refractivity contribution < 1.29 is 49.1 Å². The van der Waals surface area contributed by atoms with Crippen molar-refractivity contribution in [1.82, 2.24) is 10.2 Å². The van der Waals surface area contributed by atoms with E-state index in [-0.39, 0.29) is 17.5 Å². The molecule has 0 rings (SSSR count). The first kappa shape index (κ1) is 21.0. The Morgan fingerprint density at radius 1 is 0.957 bits per heavy atom. The van der Waals surface area contributed by atoms with Gasteiger partial charge in [0.1, 0.15) is 5.57 Å². The highest BCUT2D eigenvalue weighted by atomic mass is 19.4. The largest absolute Gasteiger partial charge is 0.460 e. The van der Waals surface area contributed by atoms with E-state index < -0.39 is 35.4 Å². The normalized spacial score (nSPS) is 14.5. The molecule has 0 radical (unpaired) electrons. The van der Waals surface area contributed by atoms with E-state index in [4.69, 9.17) is 0 Å². The van der Waals surface area contributed by atoms with Crippen LogP contribution in [0, 0.1) is 0 Å². The van der Waals surface area contributed by atoms with E-state index in [0.717, 1.165) is 0 Å². The van der Waals surface area contributed by atoms with Gasteiger partial charge in [0.05, 0.1) is 0 Å². The lowest BCUT2D eigenvalue weighted by atomic mass is 9.96. The number of amides is 2. The molecule has 1 N–H and O–H groups in total. The Kier molecular flexibility index (Phi) is 5.74. The van der Waals surface area contributed by atoms with Crippen molar-refractivity contribution in [1.29, 1.82) is 0 Å². The molecule has 0 aliphatic carbocycles. The number of rotatable bonds is 6. The molecule has 0 bridgehead atoms. The van der Waals surface area contributed by atoms with E-state index in [9.17, 15) is 49.1 Å². The topological polar surface area (TPSA) is 49.4 Å². The summed E-state index contributed by atoms with van der Waals surface area (Å²) in [5.74, 6) is -22.5. The van der Waals surface area contributed by atoms with Crippen molar-refractivity contribution in [2.45, 2.75) is 23.9 Å². The Hall–Kier alpha value is -1.95. The number of carbonyl (C=O) groups excluding carboxylic acids is 2. The Morgan fingerprint density at radius 2 is 1.39 bits per heavy atom. The number of hydrogen-bond donors (Lipinski definition) is 1. The van der Waals surface area contributed by atoms with Gasteiger partial charge in [-0.3, -0.25) is 9.59 Å². The SMILES string of the molecule is CNC(=O)/C(=C\N(C)C=O)C(F)(F)C(F)(F)C(F)(F)C(F)(F)F. The Bertz CT molecular complexity index is 499. The molecule has 0 aromatic carbocycles. The highest BCUT2D eigenvalue weighted by Crippen LogP contribution is 2.55. The summed E-state index contributed by atoms with van der Waals surface area (Å²) in [5.41, 5.74) is -2.46. The number of hydrogen-bond acceptors (Lipinski definition) is 2. The van der Waals surface area contributed by atoms with Crippen LogP contribution in [0.3, 0.4) is 0 Å². The van der Waals surface area contributed by atoms with Gasteiger partial charge in [-0.1, -0.05) is 0 Å². The van der Waals surface area contributed by atoms with Crippen molar-refractivity contribution in [2.75, 3.05) is 14.1 Å². The van der Waals surface area contributed by atoms with Crippen molar-refractivity contribution >= 4 is 12.3 Å². The van der Waals surface area contributed by atoms with Crippen molar-refractivity contribution in [2.24, 2.45) is 0 Å². The van der Waals surface area contributed by atoms with Crippen LogP contribution in [0.4, 0.5) is 39.5 Å². The first-order chi connectivity index (χ1) is 10.1. The van der Waals surface area contributed by atoms with E-state index in [1.54, 1.807) is 0 Å². The summed E-state index contributed by atoms with van der Waals surface area (Å²) in [6.07, 6.45) is -7.57. The molecule has 0 aromatic heterocycles. The second-order valence-electron chi connectivity index (χ2n) is 4.11. The zero-order chi connectivity index (χ0) is 18.9. The average molecular weight is 360 g/mol. The van der Waals surface area contributed by atoms with Crippen LogP contribution in [-0.2, 0) is 9.59 Å². The Labute approximate surface area is 122 Å². The van der Waals surface area contributed by atoms with Gasteiger partial charge in [-0.25, -0.2) is 0 Å². The highest BCUT2D eigenvalue weighted by Gasteiger charge is 2.82. The zero-order valence-electron chi connectivity index (χ0n) is 11.3. The van der Waals surface area contributed by atoms with E-state index in [0.29, 0.717) is 14.1 Å². The van der Waals surface area contributed by atoms with Crippen LogP contribution in [0.5, 0.6) is 0 Å². The first-order valence-corrected chi connectivity index (χ1v) is 5.39. The van der Waals surface area contributed by atoms with Crippen LogP contribution in [0.2, 0.25) is 0 Å². The molecule has 2 amide bonds. The monoisotopic (exact) mass is 360 g/mol. The number of halogens is 9. The third-order valence-electron chi connectivity index (χ3n) is 2.45. The average Bonchev–Trinajstić information content (AvgIpc) is 2.41. The highest BCUT2D eigenvalue weighted by molar-refractivity contribution is 5.95. The minimum absolute atomic E-state index is 0.0558. The second-order valence-corrected chi connectivity index (χ2v) is 4.11. The molecule has 0 heterocycles. The fraction of sp³-hybridized carbons (Fsp3) is 0.600. The lowest BCUT2D eigenvalue weighted by Crippen LogP contribution is -2.62. The fourth-order valence-corrected chi connectivity index (χ4v) is 1.20. The predicted octanol–water partition coefficient (Wildman–Crippen LogP) is 2.17. The molecule has 0 aliphatic rings. The molecule has 0 unspecified atom stereocenters. The third-order valence-corrected chi connectivity index (χ3v) is 2.45. The van der Waals surface area contributed by atoms with E-state index in [1.165, 1.54) is 5.32 Å². The molecule has 0 saturated carbocycles. The van der Waals surface area contributed by atoms with Crippen LogP contribution in [0.1, 0.15) is 0 Å². The van der Waals surface area contributed by atoms with Crippen molar-refractivity contribution in [3.63, 3.8) is 0 Å². The summed E-state index contributed by atoms with van der Waals surface area (Å²) >= 11 is 0. The van der Waals surface area contributed by atoms with Gasteiger partial charge < -0.3 is 10.2 Å². The quantitative estimate of drug-likeness (QED) is 0.449. The number of carbonyl (C=O) groups is 2. The molecule has 13 heteroatoms. The maximum Gasteiger partial charge on any atom is 0.460 e. The molecule has 134 valence electrons. The minimum atomic E-state index is -7.14. The molecule has 0 fully saturated rings. The molecule has 0 aliphatic heterocycles. The summed E-state index contributed by atoms with van der Waals surface area (Å²) in [4.78, 5) is 21.5. The van der Waals surface area contributed by atoms with Crippen LogP contribution in [-0.4, -0.2) is 55.3 Å². The zero-order valence-corrected chi connectivity index (χ0v) is 11.3. The molecule has 0 atom stereocenters. The second kappa shape index (κ2) is 6.28. The van der Waals surface area contributed by atoms with Crippen LogP contribution in [0.15, 0.2) is 11.8 Å². The first-order valence-electron chi connectivity index (χ1n) is 5.39. The molecule has 23 heavy (non-hydrogen) atoms. The van der Waals surface area contributed by atoms with Gasteiger partial charge in [0.25, 0.3) is 5.91 Å². The van der Waals surface area contributed by atoms with Gasteiger partial charge in [0.15, 0.2) is 0 Å². The molecule has 0 saturated heterocycles. The van der Waals surface area contributed by atoms with E-state index in [1.807, 2.05) is 0 Å². The number of nitrogens with zero attached hydrogens (tertiary/aromatic N) is 1. The molecule has 0 aromatic rings. The minimum Gasteiger partial charge on any atom is -0.355 e. The number of likely N-dealkylation sites (N-methyl/N-ethyl adjacent to an activating group) is 1. The van der Waals surface area contributed by atoms with Crippen LogP contribution < -0.4 is 5.32 Å². The predicted molar refractivity (Wildman–Crippen MR) is 56.9 cm³/mol. The standard InChI is InChI=1S/C10H9F9N2O2/c1-20-6(23)5(3-21(2)4-22)7(11,12)8(13,14)9(15,16)10(17,18)19/h3-4H,1-2H3,(H,20,23)/b5-3+. The summed E-state index contributed by atoms with van der Waals surface area (Å²) in [6.45, 7) is 0. The number of alkyl halides is 9. The smallest absolute Gasteiger partial charge is 0.355 e. The Morgan fingerprint density at radius 3 is 1.70 bits per heavy atom. The molecule has 0 spiro atoms. The van der Waals surface area contributed by atoms with Gasteiger partial charge in [-0.15, -0.1) is 0 Å². The number of nitrogens with one attached hydrogen (secondary N) is 1. The van der Waals surface area contributed by atoms with Gasteiger partial charge in [-0.05, 0) is 0 Å². The lowest BCUT2D eigenvalue weighted by molar-refractivity contribution is -0.389. The summed E-state index contributed by atoms with van der Waals surface area (Å²) < 4.78 is 115. The summed E-state index contributed by atoms with van der Waals surface area (Å²) in [5, 5.41) is 1.37. The van der Waals surface area contributed by atoms with Gasteiger partial charge in [-0.2, -0.15) is 39.5 Å². The van der Waals surface area contributed by atoms with E-state index >= 15 is 0 Å². The van der Waals surface area contributed by atoms with Gasteiger partial charge in [0.2, 0.25) is 6.41 Å². The summed E-state index contributed by atoms with van der Waals surface area (Å²) in [6, 6.07) is 0. The van der Waals surface area contributed by atoms with Gasteiger partial charge in [0, 0.05) is 20.3 Å². The molecular formula is C10H9F9N2O2. The lowest BCUT2D eigenvalue weighted by Gasteiger charge is -2.34.